The van der Waals surface area contributed by atoms with Gasteiger partial charge in [0.1, 0.15) is 5.75 Å². The minimum Gasteiger partial charge on any atom is -0.497 e. The van der Waals surface area contributed by atoms with Gasteiger partial charge in [-0.1, -0.05) is 25.5 Å². The fourth-order valence-corrected chi connectivity index (χ4v) is 2.73. The van der Waals surface area contributed by atoms with Gasteiger partial charge in [-0.3, -0.25) is 9.59 Å². The lowest BCUT2D eigenvalue weighted by Crippen LogP contribution is -2.28. The molecule has 144 valence electrons. The maximum Gasteiger partial charge on any atom is 0.253 e. The molecule has 0 radical (unpaired) electrons. The van der Waals surface area contributed by atoms with Gasteiger partial charge >= 0.3 is 0 Å². The number of unbranched alkanes of at least 4 members (excludes halogenated alkanes) is 1. The van der Waals surface area contributed by atoms with Crippen LogP contribution in [0.15, 0.2) is 48.5 Å². The zero-order valence-electron chi connectivity index (χ0n) is 16.3. The van der Waals surface area contributed by atoms with E-state index in [-0.39, 0.29) is 11.8 Å². The Morgan fingerprint density at radius 2 is 1.78 bits per heavy atom. The first-order chi connectivity index (χ1) is 13.0. The van der Waals surface area contributed by atoms with E-state index >= 15 is 0 Å². The molecule has 0 heterocycles. The number of hydrogen-bond donors (Lipinski definition) is 1. The van der Waals surface area contributed by atoms with E-state index in [2.05, 4.69) is 12.2 Å². The van der Waals surface area contributed by atoms with Crippen LogP contribution in [-0.4, -0.2) is 44.0 Å². The predicted octanol–water partition coefficient (Wildman–Crippen LogP) is 3.54. The van der Waals surface area contributed by atoms with Gasteiger partial charge in [0.05, 0.1) is 7.11 Å². The molecule has 0 spiro atoms. The molecule has 0 aliphatic rings. The molecule has 0 aliphatic heterocycles. The van der Waals surface area contributed by atoms with Crippen molar-refractivity contribution in [3.8, 4) is 5.75 Å². The minimum absolute atomic E-state index is 0.0200. The molecule has 1 N–H and O–H groups in total. The lowest BCUT2D eigenvalue weighted by Gasteiger charge is -2.16. The maximum atomic E-state index is 12.3. The minimum atomic E-state index is -0.142. The summed E-state index contributed by atoms with van der Waals surface area (Å²) >= 11 is 0. The average Bonchev–Trinajstić information content (AvgIpc) is 2.71. The van der Waals surface area contributed by atoms with E-state index < -0.39 is 0 Å². The summed E-state index contributed by atoms with van der Waals surface area (Å²) in [7, 11) is 3.44. The Hall–Kier alpha value is -2.82. The van der Waals surface area contributed by atoms with Crippen molar-refractivity contribution in [1.82, 2.24) is 10.2 Å². The third-order valence-corrected chi connectivity index (χ3v) is 4.42. The lowest BCUT2D eigenvalue weighted by molar-refractivity contribution is 0.0792. The van der Waals surface area contributed by atoms with Crippen molar-refractivity contribution in [2.24, 2.45) is 0 Å². The van der Waals surface area contributed by atoms with E-state index in [9.17, 15) is 9.59 Å². The standard InChI is InChI=1S/C22H28N2O3/c1-4-5-15-24(2)22(26)19-11-9-18(10-12-19)21(25)23-14-13-17-7-6-8-20(16-17)27-3/h6-12,16H,4-5,13-15H2,1-3H3,(H,23,25). The van der Waals surface area contributed by atoms with E-state index in [1.54, 1.807) is 43.3 Å². The maximum absolute atomic E-state index is 12.3. The van der Waals surface area contributed by atoms with Gasteiger partial charge in [0.15, 0.2) is 0 Å². The Bertz CT molecular complexity index is 756. The van der Waals surface area contributed by atoms with E-state index in [0.717, 1.165) is 37.1 Å². The molecule has 2 aromatic carbocycles. The average molecular weight is 368 g/mol. The number of carbonyl (C=O) groups is 2. The SMILES string of the molecule is CCCCN(C)C(=O)c1ccc(C(=O)NCCc2cccc(OC)c2)cc1. The summed E-state index contributed by atoms with van der Waals surface area (Å²) in [6.07, 6.45) is 2.75. The fourth-order valence-electron chi connectivity index (χ4n) is 2.73. The van der Waals surface area contributed by atoms with Gasteiger partial charge in [0.25, 0.3) is 11.8 Å². The summed E-state index contributed by atoms with van der Waals surface area (Å²) in [5.74, 6) is 0.646. The van der Waals surface area contributed by atoms with Crippen molar-refractivity contribution in [2.75, 3.05) is 27.2 Å². The molecule has 5 heteroatoms. The number of hydrogen-bond acceptors (Lipinski definition) is 3. The topological polar surface area (TPSA) is 58.6 Å². The third-order valence-electron chi connectivity index (χ3n) is 4.42. The van der Waals surface area contributed by atoms with Crippen LogP contribution >= 0.6 is 0 Å². The Balaban J connectivity index is 1.86. The van der Waals surface area contributed by atoms with Crippen molar-refractivity contribution in [2.45, 2.75) is 26.2 Å². The van der Waals surface area contributed by atoms with Gasteiger partial charge < -0.3 is 15.0 Å². The van der Waals surface area contributed by atoms with E-state index in [0.29, 0.717) is 17.7 Å². The number of benzene rings is 2. The Kier molecular flexibility index (Phi) is 7.86. The van der Waals surface area contributed by atoms with Crippen molar-refractivity contribution in [3.05, 3.63) is 65.2 Å². The molecule has 2 aromatic rings. The largest absolute Gasteiger partial charge is 0.497 e. The van der Waals surface area contributed by atoms with Crippen molar-refractivity contribution < 1.29 is 14.3 Å². The molecular weight excluding hydrogens is 340 g/mol. The predicted molar refractivity (Wildman–Crippen MR) is 107 cm³/mol. The fraction of sp³-hybridized carbons (Fsp3) is 0.364. The highest BCUT2D eigenvalue weighted by atomic mass is 16.5. The van der Waals surface area contributed by atoms with Crippen LogP contribution in [0.4, 0.5) is 0 Å². The quantitative estimate of drug-likeness (QED) is 0.736. The van der Waals surface area contributed by atoms with Gasteiger partial charge in [-0.25, -0.2) is 0 Å². The summed E-state index contributed by atoms with van der Waals surface area (Å²) in [6, 6.07) is 14.6. The molecule has 0 aliphatic carbocycles. The Morgan fingerprint density at radius 1 is 1.07 bits per heavy atom. The van der Waals surface area contributed by atoms with E-state index in [1.165, 1.54) is 0 Å². The molecule has 2 rings (SSSR count). The van der Waals surface area contributed by atoms with Crippen LogP contribution in [0.2, 0.25) is 0 Å². The van der Waals surface area contributed by atoms with Crippen LogP contribution in [0, 0.1) is 0 Å². The van der Waals surface area contributed by atoms with E-state index in [1.807, 2.05) is 24.3 Å². The van der Waals surface area contributed by atoms with Crippen LogP contribution in [0.3, 0.4) is 0 Å². The van der Waals surface area contributed by atoms with Crippen molar-refractivity contribution in [1.29, 1.82) is 0 Å². The van der Waals surface area contributed by atoms with Crippen LogP contribution in [-0.2, 0) is 6.42 Å². The zero-order valence-corrected chi connectivity index (χ0v) is 16.3. The number of amides is 2. The molecule has 0 fully saturated rings. The first kappa shape index (κ1) is 20.5. The smallest absolute Gasteiger partial charge is 0.253 e. The summed E-state index contributed by atoms with van der Waals surface area (Å²) in [6.45, 7) is 3.37. The number of carbonyl (C=O) groups excluding carboxylic acids is 2. The summed E-state index contributed by atoms with van der Waals surface area (Å²) in [5.41, 5.74) is 2.25. The normalized spacial score (nSPS) is 10.3. The molecule has 2 amide bonds. The second-order valence-corrected chi connectivity index (χ2v) is 6.52. The first-order valence-electron chi connectivity index (χ1n) is 9.31. The van der Waals surface area contributed by atoms with Gasteiger partial charge in [0, 0.05) is 31.3 Å². The molecule has 0 saturated carbocycles. The molecule has 0 unspecified atom stereocenters. The van der Waals surface area contributed by atoms with Crippen molar-refractivity contribution >= 4 is 11.8 Å². The Labute approximate surface area is 161 Å². The third kappa shape index (κ3) is 6.13. The monoisotopic (exact) mass is 368 g/mol. The molecule has 27 heavy (non-hydrogen) atoms. The van der Waals surface area contributed by atoms with Gasteiger partial charge in [-0.15, -0.1) is 0 Å². The highest BCUT2D eigenvalue weighted by Crippen LogP contribution is 2.13. The highest BCUT2D eigenvalue weighted by molar-refractivity contribution is 5.97. The summed E-state index contributed by atoms with van der Waals surface area (Å²) in [5, 5.41) is 2.91. The second-order valence-electron chi connectivity index (χ2n) is 6.52. The molecule has 0 atom stereocenters. The van der Waals surface area contributed by atoms with Crippen LogP contribution < -0.4 is 10.1 Å². The first-order valence-corrected chi connectivity index (χ1v) is 9.31. The van der Waals surface area contributed by atoms with Gasteiger partial charge in [-0.2, -0.15) is 0 Å². The van der Waals surface area contributed by atoms with E-state index in [4.69, 9.17) is 4.74 Å². The Morgan fingerprint density at radius 3 is 2.44 bits per heavy atom. The zero-order chi connectivity index (χ0) is 19.6. The number of rotatable bonds is 9. The lowest BCUT2D eigenvalue weighted by atomic mass is 10.1. The van der Waals surface area contributed by atoms with Crippen LogP contribution in [0.25, 0.3) is 0 Å². The van der Waals surface area contributed by atoms with Crippen LogP contribution in [0.5, 0.6) is 5.75 Å². The molecule has 0 aromatic heterocycles. The molecule has 0 saturated heterocycles. The van der Waals surface area contributed by atoms with Crippen molar-refractivity contribution in [3.63, 3.8) is 0 Å². The van der Waals surface area contributed by atoms with Crippen LogP contribution in [0.1, 0.15) is 46.0 Å². The number of nitrogens with one attached hydrogen (secondary N) is 1. The summed E-state index contributed by atoms with van der Waals surface area (Å²) < 4.78 is 5.20. The molecular formula is C22H28N2O3. The molecule has 0 bridgehead atoms. The summed E-state index contributed by atoms with van der Waals surface area (Å²) in [4.78, 5) is 26.3. The van der Waals surface area contributed by atoms with Gasteiger partial charge in [-0.05, 0) is 54.8 Å². The van der Waals surface area contributed by atoms with Gasteiger partial charge in [0.2, 0.25) is 0 Å². The number of nitrogens with zero attached hydrogens (tertiary/aromatic N) is 1. The number of methoxy groups -OCH3 is 1. The highest BCUT2D eigenvalue weighted by Gasteiger charge is 2.12. The molecule has 5 nitrogen and oxygen atoms in total. The second kappa shape index (κ2) is 10.4. The number of ether oxygens (including phenoxy) is 1.